The van der Waals surface area contributed by atoms with E-state index in [1.165, 1.54) is 12.1 Å². The molecule has 30 heavy (non-hydrogen) atoms. The van der Waals surface area contributed by atoms with Crippen molar-refractivity contribution in [2.75, 3.05) is 16.2 Å². The molecule has 0 aliphatic carbocycles. The van der Waals surface area contributed by atoms with Crippen LogP contribution in [0.2, 0.25) is 5.02 Å². The summed E-state index contributed by atoms with van der Waals surface area (Å²) < 4.78 is 27.8. The van der Waals surface area contributed by atoms with Crippen molar-refractivity contribution in [1.82, 2.24) is 0 Å². The molecule has 3 aromatic rings. The van der Waals surface area contributed by atoms with Crippen LogP contribution in [0.15, 0.2) is 77.7 Å². The summed E-state index contributed by atoms with van der Waals surface area (Å²) in [6.45, 7) is 3.45. The Balaban J connectivity index is 1.95. The molecular formula is C23H23ClN2O3S. The molecule has 0 bridgehead atoms. The summed E-state index contributed by atoms with van der Waals surface area (Å²) in [7, 11) is -3.98. The Morgan fingerprint density at radius 1 is 1.00 bits per heavy atom. The second-order valence-corrected chi connectivity index (χ2v) is 9.15. The smallest absolute Gasteiger partial charge is 0.264 e. The molecule has 7 heteroatoms. The standard InChI is InChI=1S/C23H23ClN2O3S/c1-3-18-10-13-20(14-11-18)25-23(27)16-26(22-15-19(24)12-9-17(22)2)30(28,29)21-7-5-4-6-8-21/h4-15H,3,16H2,1-2H3,(H,25,27). The molecule has 0 aliphatic heterocycles. The van der Waals surface area contributed by atoms with Crippen molar-refractivity contribution in [3.8, 4) is 0 Å². The third-order valence-corrected chi connectivity index (χ3v) is 6.71. The first-order valence-corrected chi connectivity index (χ1v) is 11.4. The van der Waals surface area contributed by atoms with Crippen LogP contribution in [0.4, 0.5) is 11.4 Å². The Bertz CT molecular complexity index is 1130. The van der Waals surface area contributed by atoms with Gasteiger partial charge in [-0.25, -0.2) is 8.42 Å². The van der Waals surface area contributed by atoms with Crippen molar-refractivity contribution in [2.24, 2.45) is 0 Å². The van der Waals surface area contributed by atoms with Crippen molar-refractivity contribution in [3.05, 3.63) is 88.9 Å². The molecule has 0 saturated carbocycles. The van der Waals surface area contributed by atoms with Crippen molar-refractivity contribution in [2.45, 2.75) is 25.2 Å². The molecule has 1 amide bonds. The largest absolute Gasteiger partial charge is 0.325 e. The van der Waals surface area contributed by atoms with Gasteiger partial charge < -0.3 is 5.32 Å². The number of benzene rings is 3. The zero-order chi connectivity index (χ0) is 21.7. The number of nitrogens with one attached hydrogen (secondary N) is 1. The van der Waals surface area contributed by atoms with Gasteiger partial charge >= 0.3 is 0 Å². The molecule has 0 spiro atoms. The molecular weight excluding hydrogens is 420 g/mol. The third-order valence-electron chi connectivity index (χ3n) is 4.70. The second-order valence-electron chi connectivity index (χ2n) is 6.85. The maximum atomic E-state index is 13.4. The zero-order valence-electron chi connectivity index (χ0n) is 16.8. The fraction of sp³-hybridized carbons (Fsp3) is 0.174. The minimum absolute atomic E-state index is 0.101. The zero-order valence-corrected chi connectivity index (χ0v) is 18.4. The molecule has 0 fully saturated rings. The van der Waals surface area contributed by atoms with Gasteiger partial charge in [-0.3, -0.25) is 9.10 Å². The number of halogens is 1. The Morgan fingerprint density at radius 2 is 1.67 bits per heavy atom. The fourth-order valence-corrected chi connectivity index (χ4v) is 4.69. The maximum absolute atomic E-state index is 13.4. The van der Waals surface area contributed by atoms with E-state index in [2.05, 4.69) is 5.32 Å². The van der Waals surface area contributed by atoms with E-state index in [-0.39, 0.29) is 11.4 Å². The summed E-state index contributed by atoms with van der Waals surface area (Å²) in [4.78, 5) is 12.9. The Morgan fingerprint density at radius 3 is 2.30 bits per heavy atom. The fourth-order valence-electron chi connectivity index (χ4n) is 3.03. The maximum Gasteiger partial charge on any atom is 0.264 e. The summed E-state index contributed by atoms with van der Waals surface area (Å²) in [5.74, 6) is -0.446. The highest BCUT2D eigenvalue weighted by Crippen LogP contribution is 2.29. The van der Waals surface area contributed by atoms with Crippen LogP contribution in [0.3, 0.4) is 0 Å². The lowest BCUT2D eigenvalue weighted by atomic mass is 10.1. The number of carbonyl (C=O) groups is 1. The number of aryl methyl sites for hydroxylation is 2. The molecule has 0 aromatic heterocycles. The highest BCUT2D eigenvalue weighted by Gasteiger charge is 2.28. The summed E-state index contributed by atoms with van der Waals surface area (Å²) >= 11 is 6.13. The molecule has 0 unspecified atom stereocenters. The number of hydrogen-bond donors (Lipinski definition) is 1. The predicted octanol–water partition coefficient (Wildman–Crippen LogP) is 5.04. The van der Waals surface area contributed by atoms with Gasteiger partial charge in [0.05, 0.1) is 10.6 Å². The van der Waals surface area contributed by atoms with Crippen LogP contribution >= 0.6 is 11.6 Å². The molecule has 3 aromatic carbocycles. The van der Waals surface area contributed by atoms with Crippen LogP contribution in [0.25, 0.3) is 0 Å². The van der Waals surface area contributed by atoms with Gasteiger partial charge in [0.2, 0.25) is 5.91 Å². The lowest BCUT2D eigenvalue weighted by Gasteiger charge is -2.26. The van der Waals surface area contributed by atoms with Gasteiger partial charge in [0.15, 0.2) is 0 Å². The van der Waals surface area contributed by atoms with E-state index >= 15 is 0 Å². The number of hydrogen-bond acceptors (Lipinski definition) is 3. The Kier molecular flexibility index (Phi) is 6.80. The van der Waals surface area contributed by atoms with E-state index in [1.807, 2.05) is 19.1 Å². The van der Waals surface area contributed by atoms with E-state index in [0.29, 0.717) is 22.0 Å². The first kappa shape index (κ1) is 21.9. The summed E-state index contributed by atoms with van der Waals surface area (Å²) in [5.41, 5.74) is 2.81. The monoisotopic (exact) mass is 442 g/mol. The van der Waals surface area contributed by atoms with E-state index < -0.39 is 15.9 Å². The quantitative estimate of drug-likeness (QED) is 0.557. The van der Waals surface area contributed by atoms with E-state index in [9.17, 15) is 13.2 Å². The molecule has 156 valence electrons. The van der Waals surface area contributed by atoms with Crippen molar-refractivity contribution < 1.29 is 13.2 Å². The number of anilines is 2. The normalized spacial score (nSPS) is 11.2. The molecule has 0 aliphatic rings. The second kappa shape index (κ2) is 9.32. The lowest BCUT2D eigenvalue weighted by Crippen LogP contribution is -2.38. The van der Waals surface area contributed by atoms with E-state index in [0.717, 1.165) is 16.3 Å². The van der Waals surface area contributed by atoms with Gasteiger partial charge in [-0.15, -0.1) is 0 Å². The van der Waals surface area contributed by atoms with Gasteiger partial charge in [0.25, 0.3) is 10.0 Å². The number of nitrogens with zero attached hydrogens (tertiary/aromatic N) is 1. The van der Waals surface area contributed by atoms with Crippen LogP contribution in [-0.4, -0.2) is 20.9 Å². The average molecular weight is 443 g/mol. The van der Waals surface area contributed by atoms with Gasteiger partial charge in [0, 0.05) is 10.7 Å². The molecule has 0 radical (unpaired) electrons. The summed E-state index contributed by atoms with van der Waals surface area (Å²) in [6, 6.07) is 20.5. The molecule has 0 heterocycles. The lowest BCUT2D eigenvalue weighted by molar-refractivity contribution is -0.114. The van der Waals surface area contributed by atoms with Crippen LogP contribution in [-0.2, 0) is 21.2 Å². The number of amides is 1. The Hall–Kier alpha value is -2.83. The molecule has 0 saturated heterocycles. The molecule has 1 N–H and O–H groups in total. The van der Waals surface area contributed by atoms with Gasteiger partial charge in [-0.1, -0.05) is 54.9 Å². The summed E-state index contributed by atoms with van der Waals surface area (Å²) in [5, 5.41) is 3.16. The van der Waals surface area contributed by atoms with Crippen molar-refractivity contribution in [1.29, 1.82) is 0 Å². The predicted molar refractivity (Wildman–Crippen MR) is 122 cm³/mol. The average Bonchev–Trinajstić information content (AvgIpc) is 2.75. The summed E-state index contributed by atoms with van der Waals surface area (Å²) in [6.07, 6.45) is 0.894. The Labute approximate surface area is 182 Å². The number of sulfonamides is 1. The van der Waals surface area contributed by atoms with Crippen LogP contribution < -0.4 is 9.62 Å². The highest BCUT2D eigenvalue weighted by atomic mass is 35.5. The van der Waals surface area contributed by atoms with Crippen molar-refractivity contribution >= 4 is 38.9 Å². The number of carbonyl (C=O) groups excluding carboxylic acids is 1. The minimum atomic E-state index is -3.98. The van der Waals surface area contributed by atoms with Gasteiger partial charge in [-0.2, -0.15) is 0 Å². The van der Waals surface area contributed by atoms with Crippen LogP contribution in [0.1, 0.15) is 18.1 Å². The van der Waals surface area contributed by atoms with Gasteiger partial charge in [0.1, 0.15) is 6.54 Å². The number of rotatable bonds is 7. The van der Waals surface area contributed by atoms with E-state index in [1.54, 1.807) is 55.5 Å². The van der Waals surface area contributed by atoms with Crippen LogP contribution in [0.5, 0.6) is 0 Å². The van der Waals surface area contributed by atoms with Crippen LogP contribution in [0, 0.1) is 6.92 Å². The minimum Gasteiger partial charge on any atom is -0.325 e. The SMILES string of the molecule is CCc1ccc(NC(=O)CN(c2cc(Cl)ccc2C)S(=O)(=O)c2ccccc2)cc1. The first-order chi connectivity index (χ1) is 14.3. The molecule has 0 atom stereocenters. The first-order valence-electron chi connectivity index (χ1n) is 9.54. The van der Waals surface area contributed by atoms with E-state index in [4.69, 9.17) is 11.6 Å². The molecule has 5 nitrogen and oxygen atoms in total. The highest BCUT2D eigenvalue weighted by molar-refractivity contribution is 7.92. The molecule has 3 rings (SSSR count). The third kappa shape index (κ3) is 5.01. The van der Waals surface area contributed by atoms with Crippen molar-refractivity contribution in [3.63, 3.8) is 0 Å². The van der Waals surface area contributed by atoms with Gasteiger partial charge in [-0.05, 0) is 60.9 Å². The topological polar surface area (TPSA) is 66.5 Å².